The molecule has 1 aromatic rings. The average molecular weight is 437 g/mol. The zero-order valence-electron chi connectivity index (χ0n) is 15.5. The van der Waals surface area contributed by atoms with Crippen LogP contribution in [-0.4, -0.2) is 76.4 Å². The van der Waals surface area contributed by atoms with Gasteiger partial charge in [-0.25, -0.2) is 8.42 Å². The molecule has 0 saturated carbocycles. The van der Waals surface area contributed by atoms with Crippen molar-refractivity contribution in [3.63, 3.8) is 0 Å². The molecule has 2 heterocycles. The third kappa shape index (κ3) is 6.21. The predicted molar refractivity (Wildman–Crippen MR) is 98.3 cm³/mol. The molecular formula is C17H22F3N3O5S. The van der Waals surface area contributed by atoms with Crippen molar-refractivity contribution in [2.75, 3.05) is 50.7 Å². The van der Waals surface area contributed by atoms with Gasteiger partial charge in [-0.15, -0.1) is 13.2 Å². The minimum absolute atomic E-state index is 0.00595. The van der Waals surface area contributed by atoms with Crippen molar-refractivity contribution in [1.82, 2.24) is 9.80 Å². The summed E-state index contributed by atoms with van der Waals surface area (Å²) in [6.45, 7) is 4.67. The van der Waals surface area contributed by atoms with Gasteiger partial charge in [0.1, 0.15) is 0 Å². The highest BCUT2D eigenvalue weighted by molar-refractivity contribution is 7.73. The van der Waals surface area contributed by atoms with E-state index in [9.17, 15) is 26.4 Å². The Morgan fingerprint density at radius 3 is 2.55 bits per heavy atom. The quantitative estimate of drug-likeness (QED) is 0.653. The summed E-state index contributed by atoms with van der Waals surface area (Å²) in [5, 5.41) is 0. The number of piperazine rings is 1. The van der Waals surface area contributed by atoms with Crippen molar-refractivity contribution in [2.45, 2.75) is 12.8 Å². The van der Waals surface area contributed by atoms with E-state index in [-0.39, 0.29) is 5.56 Å². The molecule has 162 valence electrons. The van der Waals surface area contributed by atoms with Crippen LogP contribution in [0.3, 0.4) is 0 Å². The average Bonchev–Trinajstić information content (AvgIpc) is 3.15. The first kappa shape index (κ1) is 21.7. The molecular weight excluding hydrogens is 415 g/mol. The molecule has 2 saturated heterocycles. The SMILES string of the molecule is O=C(c1ccc(N[SH](=O)=O)c(OC(F)(F)F)c1)N1CCN(CC2CCOC2)CC1. The normalized spacial score (nSPS) is 20.8. The monoisotopic (exact) mass is 437 g/mol. The summed E-state index contributed by atoms with van der Waals surface area (Å²) in [6.07, 6.45) is -4.00. The maximum absolute atomic E-state index is 12.7. The van der Waals surface area contributed by atoms with Crippen LogP contribution in [0.5, 0.6) is 5.75 Å². The minimum Gasteiger partial charge on any atom is -0.404 e. The molecule has 0 bridgehead atoms. The summed E-state index contributed by atoms with van der Waals surface area (Å²) in [4.78, 5) is 16.5. The number of thiol groups is 1. The molecule has 2 fully saturated rings. The van der Waals surface area contributed by atoms with E-state index < -0.39 is 34.6 Å². The first-order chi connectivity index (χ1) is 13.7. The van der Waals surface area contributed by atoms with Crippen LogP contribution in [-0.2, 0) is 15.6 Å². The molecule has 2 aliphatic rings. The third-order valence-electron chi connectivity index (χ3n) is 4.87. The number of nitrogens with one attached hydrogen (secondary N) is 1. The highest BCUT2D eigenvalue weighted by Crippen LogP contribution is 2.32. The molecule has 2 aliphatic heterocycles. The Bertz CT molecular complexity index is 796. The van der Waals surface area contributed by atoms with Gasteiger partial charge < -0.3 is 14.4 Å². The first-order valence-electron chi connectivity index (χ1n) is 9.11. The number of nitrogens with zero attached hydrogens (tertiary/aromatic N) is 2. The number of anilines is 1. The second kappa shape index (κ2) is 9.18. The number of carbonyl (C=O) groups excluding carboxylic acids is 1. The topological polar surface area (TPSA) is 88.2 Å². The molecule has 1 aromatic carbocycles. The minimum atomic E-state index is -5.03. The summed E-state index contributed by atoms with van der Waals surface area (Å²) >= 11 is 0. The zero-order chi connectivity index (χ0) is 21.0. The van der Waals surface area contributed by atoms with E-state index in [1.807, 2.05) is 4.72 Å². The van der Waals surface area contributed by atoms with Crippen LogP contribution >= 0.6 is 0 Å². The van der Waals surface area contributed by atoms with Crippen LogP contribution in [0.2, 0.25) is 0 Å². The molecule has 1 atom stereocenters. The number of hydrogen-bond acceptors (Lipinski definition) is 6. The van der Waals surface area contributed by atoms with Crippen molar-refractivity contribution in [3.05, 3.63) is 23.8 Å². The fraction of sp³-hybridized carbons (Fsp3) is 0.588. The number of ether oxygens (including phenoxy) is 2. The van der Waals surface area contributed by atoms with E-state index in [2.05, 4.69) is 9.64 Å². The lowest BCUT2D eigenvalue weighted by atomic mass is 10.1. The van der Waals surface area contributed by atoms with Gasteiger partial charge in [0.2, 0.25) is 10.9 Å². The number of hydrogen-bond donors (Lipinski definition) is 2. The van der Waals surface area contributed by atoms with Crippen LogP contribution in [0.1, 0.15) is 16.8 Å². The van der Waals surface area contributed by atoms with E-state index >= 15 is 0 Å². The molecule has 12 heteroatoms. The van der Waals surface area contributed by atoms with Crippen LogP contribution in [0.25, 0.3) is 0 Å². The van der Waals surface area contributed by atoms with Gasteiger partial charge in [0, 0.05) is 44.9 Å². The maximum Gasteiger partial charge on any atom is 0.573 e. The number of halogens is 3. The van der Waals surface area contributed by atoms with Gasteiger partial charge >= 0.3 is 6.36 Å². The van der Waals surface area contributed by atoms with Gasteiger partial charge in [-0.1, -0.05) is 0 Å². The summed E-state index contributed by atoms with van der Waals surface area (Å²) < 4.78 is 70.7. The van der Waals surface area contributed by atoms with Crippen LogP contribution in [0.15, 0.2) is 18.2 Å². The van der Waals surface area contributed by atoms with Crippen molar-refractivity contribution >= 4 is 22.5 Å². The largest absolute Gasteiger partial charge is 0.573 e. The highest BCUT2D eigenvalue weighted by atomic mass is 32.2. The summed E-state index contributed by atoms with van der Waals surface area (Å²) in [5.41, 5.74) is -0.396. The second-order valence-corrected chi connectivity index (χ2v) is 7.69. The second-order valence-electron chi connectivity index (χ2n) is 6.95. The molecule has 0 aromatic heterocycles. The Kier molecular flexibility index (Phi) is 6.85. The molecule has 8 nitrogen and oxygen atoms in total. The number of rotatable bonds is 6. The number of benzene rings is 1. The standard InChI is InChI=1S/C17H22F3N3O5S/c18-17(19,20)28-15-9-13(1-2-14(15)21-29(25)26)16(24)23-6-4-22(5-7-23)10-12-3-8-27-11-12/h1-2,9,12,29H,3-8,10-11H2,(H,21,25,26). The molecule has 29 heavy (non-hydrogen) atoms. The smallest absolute Gasteiger partial charge is 0.404 e. The predicted octanol–water partition coefficient (Wildman–Crippen LogP) is 1.32. The van der Waals surface area contributed by atoms with Gasteiger partial charge in [0.15, 0.2) is 5.75 Å². The first-order valence-corrected chi connectivity index (χ1v) is 10.3. The van der Waals surface area contributed by atoms with E-state index in [0.717, 1.165) is 38.3 Å². The lowest BCUT2D eigenvalue weighted by molar-refractivity contribution is -0.274. The summed E-state index contributed by atoms with van der Waals surface area (Å²) in [5.74, 6) is -0.715. The Morgan fingerprint density at radius 1 is 1.24 bits per heavy atom. The van der Waals surface area contributed by atoms with Crippen LogP contribution < -0.4 is 9.46 Å². The van der Waals surface area contributed by atoms with Crippen molar-refractivity contribution in [3.8, 4) is 5.75 Å². The van der Waals surface area contributed by atoms with Gasteiger partial charge in [-0.2, -0.15) is 0 Å². The Morgan fingerprint density at radius 2 is 1.97 bits per heavy atom. The molecule has 0 spiro atoms. The van der Waals surface area contributed by atoms with Crippen molar-refractivity contribution in [2.24, 2.45) is 5.92 Å². The lowest BCUT2D eigenvalue weighted by Gasteiger charge is -2.35. The van der Waals surface area contributed by atoms with E-state index in [1.165, 1.54) is 6.07 Å². The zero-order valence-corrected chi connectivity index (χ0v) is 16.4. The van der Waals surface area contributed by atoms with E-state index in [0.29, 0.717) is 32.1 Å². The Labute approximate surface area is 167 Å². The van der Waals surface area contributed by atoms with Crippen LogP contribution in [0.4, 0.5) is 18.9 Å². The molecule has 3 rings (SSSR count). The number of carbonyl (C=O) groups is 1. The van der Waals surface area contributed by atoms with Crippen molar-refractivity contribution in [1.29, 1.82) is 0 Å². The Balaban J connectivity index is 1.66. The summed E-state index contributed by atoms with van der Waals surface area (Å²) in [7, 11) is -3.19. The summed E-state index contributed by atoms with van der Waals surface area (Å²) in [6, 6.07) is 3.25. The van der Waals surface area contributed by atoms with E-state index in [1.54, 1.807) is 4.90 Å². The van der Waals surface area contributed by atoms with Gasteiger partial charge in [-0.05, 0) is 30.5 Å². The number of alkyl halides is 3. The van der Waals surface area contributed by atoms with Crippen LogP contribution in [0, 0.1) is 5.92 Å². The maximum atomic E-state index is 12.7. The molecule has 1 unspecified atom stereocenters. The highest BCUT2D eigenvalue weighted by Gasteiger charge is 2.33. The van der Waals surface area contributed by atoms with Crippen molar-refractivity contribution < 1.29 is 35.9 Å². The fourth-order valence-electron chi connectivity index (χ4n) is 3.46. The molecule has 1 N–H and O–H groups in total. The van der Waals surface area contributed by atoms with Gasteiger partial charge in [-0.3, -0.25) is 14.4 Å². The fourth-order valence-corrected chi connectivity index (χ4v) is 3.85. The lowest BCUT2D eigenvalue weighted by Crippen LogP contribution is -2.49. The molecule has 0 radical (unpaired) electrons. The molecule has 1 amide bonds. The van der Waals surface area contributed by atoms with E-state index in [4.69, 9.17) is 4.74 Å². The molecule has 0 aliphatic carbocycles. The van der Waals surface area contributed by atoms with Gasteiger partial charge in [0.05, 0.1) is 12.3 Å². The van der Waals surface area contributed by atoms with Gasteiger partial charge in [0.25, 0.3) is 5.91 Å². The number of amides is 1. The third-order valence-corrected chi connectivity index (χ3v) is 5.29. The Hall–Kier alpha value is -2.05.